The van der Waals surface area contributed by atoms with Crippen molar-refractivity contribution < 1.29 is 14.6 Å². The van der Waals surface area contributed by atoms with Gasteiger partial charge in [0, 0.05) is 21.8 Å². The molecule has 0 aliphatic heterocycles. The molecule has 0 aliphatic rings. The molecule has 2 N–H and O–H groups in total. The van der Waals surface area contributed by atoms with Gasteiger partial charge in [0.25, 0.3) is 5.91 Å². The molecular formula is C27H19ClN2O3. The van der Waals surface area contributed by atoms with Crippen LogP contribution in [0.5, 0.6) is 11.5 Å². The molecule has 1 amide bonds. The number of aromatic hydroxyl groups is 1. The van der Waals surface area contributed by atoms with Gasteiger partial charge in [0.1, 0.15) is 29.7 Å². The van der Waals surface area contributed by atoms with Gasteiger partial charge >= 0.3 is 0 Å². The van der Waals surface area contributed by atoms with Crippen LogP contribution < -0.4 is 10.1 Å². The minimum Gasteiger partial charge on any atom is -0.508 e. The fraction of sp³-hybridized carbons (Fsp3) is 0.0370. The highest BCUT2D eigenvalue weighted by atomic mass is 35.5. The van der Waals surface area contributed by atoms with Crippen molar-refractivity contribution >= 4 is 40.0 Å². The van der Waals surface area contributed by atoms with E-state index >= 15 is 0 Å². The number of phenols is 1. The molecule has 4 aromatic carbocycles. The molecule has 6 heteroatoms. The molecular weight excluding hydrogens is 436 g/mol. The van der Waals surface area contributed by atoms with Crippen LogP contribution in [0.25, 0.3) is 16.8 Å². The number of anilines is 1. The van der Waals surface area contributed by atoms with E-state index in [9.17, 15) is 15.2 Å². The SMILES string of the molecule is N#CC(=Cc1c(OCc2ccccc2Cl)ccc2ccccc12)C(=O)Nc1ccc(O)cc1. The second-order valence-electron chi connectivity index (χ2n) is 7.25. The van der Waals surface area contributed by atoms with Crippen molar-refractivity contribution in [3.63, 3.8) is 0 Å². The van der Waals surface area contributed by atoms with Gasteiger partial charge in [0.15, 0.2) is 0 Å². The smallest absolute Gasteiger partial charge is 0.266 e. The lowest BCUT2D eigenvalue weighted by molar-refractivity contribution is -0.112. The molecule has 0 fully saturated rings. The van der Waals surface area contributed by atoms with Crippen LogP contribution in [0.1, 0.15) is 11.1 Å². The number of benzene rings is 4. The Morgan fingerprint density at radius 1 is 1.00 bits per heavy atom. The number of hydrogen-bond acceptors (Lipinski definition) is 4. The number of carbonyl (C=O) groups is 1. The van der Waals surface area contributed by atoms with Crippen LogP contribution in [0.15, 0.2) is 90.5 Å². The summed E-state index contributed by atoms with van der Waals surface area (Å²) < 4.78 is 6.07. The number of nitrogens with zero attached hydrogens (tertiary/aromatic N) is 1. The lowest BCUT2D eigenvalue weighted by atomic mass is 10.0. The van der Waals surface area contributed by atoms with Crippen molar-refractivity contribution in [2.24, 2.45) is 0 Å². The molecule has 0 saturated heterocycles. The van der Waals surface area contributed by atoms with Gasteiger partial charge in [-0.2, -0.15) is 5.26 Å². The third kappa shape index (κ3) is 5.15. The molecule has 0 bridgehead atoms. The minimum atomic E-state index is -0.562. The number of carbonyl (C=O) groups excluding carboxylic acids is 1. The third-order valence-corrected chi connectivity index (χ3v) is 5.42. The number of hydrogen-bond donors (Lipinski definition) is 2. The number of ether oxygens (including phenoxy) is 1. The van der Waals surface area contributed by atoms with Gasteiger partial charge in [-0.1, -0.05) is 60.1 Å². The zero-order chi connectivity index (χ0) is 23.2. The summed E-state index contributed by atoms with van der Waals surface area (Å²) in [6, 6.07) is 26.8. The Balaban J connectivity index is 1.70. The summed E-state index contributed by atoms with van der Waals surface area (Å²) in [7, 11) is 0. The fourth-order valence-electron chi connectivity index (χ4n) is 3.36. The van der Waals surface area contributed by atoms with Crippen LogP contribution in [-0.4, -0.2) is 11.0 Å². The molecule has 162 valence electrons. The van der Waals surface area contributed by atoms with Crippen molar-refractivity contribution in [2.45, 2.75) is 6.61 Å². The quantitative estimate of drug-likeness (QED) is 0.203. The Kier molecular flexibility index (Phi) is 6.58. The second kappa shape index (κ2) is 9.90. The maximum atomic E-state index is 12.8. The van der Waals surface area contributed by atoms with Crippen LogP contribution in [0.2, 0.25) is 5.02 Å². The molecule has 0 spiro atoms. The molecule has 0 radical (unpaired) electrons. The first kappa shape index (κ1) is 21.9. The summed E-state index contributed by atoms with van der Waals surface area (Å²) in [5.41, 5.74) is 1.83. The van der Waals surface area contributed by atoms with E-state index in [0.717, 1.165) is 16.3 Å². The van der Waals surface area contributed by atoms with E-state index in [1.54, 1.807) is 18.2 Å². The average Bonchev–Trinajstić information content (AvgIpc) is 2.83. The molecule has 5 nitrogen and oxygen atoms in total. The van der Waals surface area contributed by atoms with Gasteiger partial charge in [-0.3, -0.25) is 4.79 Å². The van der Waals surface area contributed by atoms with Gasteiger partial charge in [0.05, 0.1) is 0 Å². The normalized spacial score (nSPS) is 11.1. The molecule has 4 rings (SSSR count). The van der Waals surface area contributed by atoms with Gasteiger partial charge in [-0.05, 0) is 53.2 Å². The Bertz CT molecular complexity index is 1390. The number of nitrogens with one attached hydrogen (secondary N) is 1. The number of nitriles is 1. The largest absolute Gasteiger partial charge is 0.508 e. The molecule has 0 heterocycles. The number of amides is 1. The first-order chi connectivity index (χ1) is 16.0. The Morgan fingerprint density at radius 3 is 2.48 bits per heavy atom. The zero-order valence-electron chi connectivity index (χ0n) is 17.5. The van der Waals surface area contributed by atoms with E-state index in [4.69, 9.17) is 16.3 Å². The number of fused-ring (bicyclic) bond motifs is 1. The fourth-order valence-corrected chi connectivity index (χ4v) is 3.55. The maximum absolute atomic E-state index is 12.8. The molecule has 33 heavy (non-hydrogen) atoms. The van der Waals surface area contributed by atoms with E-state index < -0.39 is 5.91 Å². The monoisotopic (exact) mass is 454 g/mol. The topological polar surface area (TPSA) is 82.3 Å². The Morgan fingerprint density at radius 2 is 1.73 bits per heavy atom. The summed E-state index contributed by atoms with van der Waals surface area (Å²) in [6.07, 6.45) is 1.53. The molecule has 4 aromatic rings. The summed E-state index contributed by atoms with van der Waals surface area (Å²) in [4.78, 5) is 12.8. The number of halogens is 1. The first-order valence-corrected chi connectivity index (χ1v) is 10.5. The highest BCUT2D eigenvalue weighted by Crippen LogP contribution is 2.31. The molecule has 0 aliphatic carbocycles. The van der Waals surface area contributed by atoms with E-state index in [-0.39, 0.29) is 17.9 Å². The van der Waals surface area contributed by atoms with Gasteiger partial charge in [0.2, 0.25) is 0 Å². The Labute approximate surface area is 196 Å². The zero-order valence-corrected chi connectivity index (χ0v) is 18.2. The molecule has 0 unspecified atom stereocenters. The van der Waals surface area contributed by atoms with E-state index in [1.165, 1.54) is 18.2 Å². The van der Waals surface area contributed by atoms with Gasteiger partial charge < -0.3 is 15.2 Å². The maximum Gasteiger partial charge on any atom is 0.266 e. The van der Waals surface area contributed by atoms with Gasteiger partial charge in [-0.15, -0.1) is 0 Å². The molecule has 0 saturated carbocycles. The molecule has 0 atom stereocenters. The van der Waals surface area contributed by atoms with E-state index in [2.05, 4.69) is 5.32 Å². The van der Waals surface area contributed by atoms with E-state index in [1.807, 2.05) is 60.7 Å². The van der Waals surface area contributed by atoms with Crippen LogP contribution in [-0.2, 0) is 11.4 Å². The number of rotatable bonds is 6. The summed E-state index contributed by atoms with van der Waals surface area (Å²) in [6.45, 7) is 0.237. The Hall–Kier alpha value is -4.27. The van der Waals surface area contributed by atoms with Crippen molar-refractivity contribution in [3.8, 4) is 17.6 Å². The second-order valence-corrected chi connectivity index (χ2v) is 7.66. The average molecular weight is 455 g/mol. The molecule has 0 aromatic heterocycles. The predicted molar refractivity (Wildman–Crippen MR) is 130 cm³/mol. The summed E-state index contributed by atoms with van der Waals surface area (Å²) in [5, 5.41) is 24.2. The summed E-state index contributed by atoms with van der Waals surface area (Å²) in [5.74, 6) is 0.0482. The lowest BCUT2D eigenvalue weighted by Gasteiger charge is -2.13. The first-order valence-electron chi connectivity index (χ1n) is 10.2. The van der Waals surface area contributed by atoms with E-state index in [0.29, 0.717) is 22.0 Å². The predicted octanol–water partition coefficient (Wildman–Crippen LogP) is 6.32. The van der Waals surface area contributed by atoms with Crippen LogP contribution in [0.3, 0.4) is 0 Å². The van der Waals surface area contributed by atoms with Crippen molar-refractivity contribution in [3.05, 3.63) is 107 Å². The van der Waals surface area contributed by atoms with Crippen molar-refractivity contribution in [1.29, 1.82) is 5.26 Å². The highest BCUT2D eigenvalue weighted by Gasteiger charge is 2.14. The minimum absolute atomic E-state index is 0.0815. The summed E-state index contributed by atoms with van der Waals surface area (Å²) >= 11 is 6.26. The van der Waals surface area contributed by atoms with Crippen molar-refractivity contribution in [1.82, 2.24) is 0 Å². The van der Waals surface area contributed by atoms with Crippen LogP contribution in [0.4, 0.5) is 5.69 Å². The van der Waals surface area contributed by atoms with Crippen LogP contribution in [0, 0.1) is 11.3 Å². The number of phenolic OH excluding ortho intramolecular Hbond substituents is 1. The third-order valence-electron chi connectivity index (χ3n) is 5.05. The van der Waals surface area contributed by atoms with Crippen molar-refractivity contribution in [2.75, 3.05) is 5.32 Å². The van der Waals surface area contributed by atoms with Crippen LogP contribution >= 0.6 is 11.6 Å². The standard InChI is InChI=1S/C27H19ClN2O3/c28-25-8-4-2-6-19(25)17-33-26-14-9-18-5-1-3-7-23(18)24(26)15-20(16-29)27(32)30-21-10-12-22(31)13-11-21/h1-15,31H,17H2,(H,30,32). The van der Waals surface area contributed by atoms with Gasteiger partial charge in [-0.25, -0.2) is 0 Å². The lowest BCUT2D eigenvalue weighted by Crippen LogP contribution is -2.13. The highest BCUT2D eigenvalue weighted by molar-refractivity contribution is 6.31.